The van der Waals surface area contributed by atoms with E-state index in [0.29, 0.717) is 12.6 Å². The molecule has 2 aliphatic rings. The first-order chi connectivity index (χ1) is 14.7. The van der Waals surface area contributed by atoms with Crippen LogP contribution in [-0.4, -0.2) is 74.3 Å². The van der Waals surface area contributed by atoms with E-state index in [9.17, 15) is 0 Å². The molecule has 2 saturated heterocycles. The van der Waals surface area contributed by atoms with Gasteiger partial charge in [0.1, 0.15) is 0 Å². The molecular weight excluding hydrogens is 374 g/mol. The van der Waals surface area contributed by atoms with Crippen LogP contribution < -0.4 is 10.6 Å². The predicted octanol–water partition coefficient (Wildman–Crippen LogP) is 2.84. The maximum atomic E-state index is 5.46. The Hall–Kier alpha value is -1.63. The third kappa shape index (κ3) is 7.89. The molecule has 2 fully saturated rings. The van der Waals surface area contributed by atoms with Crippen LogP contribution in [0.3, 0.4) is 0 Å². The van der Waals surface area contributed by atoms with Gasteiger partial charge in [-0.15, -0.1) is 0 Å². The normalized spacial score (nSPS) is 20.5. The quantitative estimate of drug-likeness (QED) is 0.505. The van der Waals surface area contributed by atoms with Crippen LogP contribution in [0.2, 0.25) is 0 Å². The average Bonchev–Trinajstić information content (AvgIpc) is 3.05. The highest BCUT2D eigenvalue weighted by Gasteiger charge is 2.17. The Labute approximate surface area is 183 Å². The second-order valence-corrected chi connectivity index (χ2v) is 8.58. The first-order valence-electron chi connectivity index (χ1n) is 11.9. The number of nitrogens with one attached hydrogen (secondary N) is 2. The van der Waals surface area contributed by atoms with Gasteiger partial charge in [0.15, 0.2) is 5.96 Å². The standard InChI is InChI=1S/C24H41N5O/c1-3-25-24(26-18-21(2)29-13-15-30-16-14-29)27-19-22-9-8-10-23(17-22)20-28-11-6-4-5-7-12-28/h8-10,17,21H,3-7,11-16,18-20H2,1-2H3,(H2,25,26,27). The number of guanidine groups is 1. The summed E-state index contributed by atoms with van der Waals surface area (Å²) in [7, 11) is 0. The van der Waals surface area contributed by atoms with E-state index in [4.69, 9.17) is 9.73 Å². The summed E-state index contributed by atoms with van der Waals surface area (Å²) in [5.41, 5.74) is 2.68. The van der Waals surface area contributed by atoms with Crippen LogP contribution in [0.1, 0.15) is 50.7 Å². The van der Waals surface area contributed by atoms with Gasteiger partial charge in [0.05, 0.1) is 19.8 Å². The summed E-state index contributed by atoms with van der Waals surface area (Å²) in [6.45, 7) is 14.1. The van der Waals surface area contributed by atoms with Crippen molar-refractivity contribution in [1.29, 1.82) is 0 Å². The molecule has 0 aromatic heterocycles. The van der Waals surface area contributed by atoms with E-state index in [1.807, 2.05) is 0 Å². The zero-order chi connectivity index (χ0) is 21.0. The highest BCUT2D eigenvalue weighted by molar-refractivity contribution is 5.79. The molecule has 2 aliphatic heterocycles. The van der Waals surface area contributed by atoms with Crippen molar-refractivity contribution in [1.82, 2.24) is 20.4 Å². The van der Waals surface area contributed by atoms with Crippen molar-refractivity contribution in [2.45, 2.75) is 58.7 Å². The Kier molecular flexibility index (Phi) is 9.93. The molecule has 0 aliphatic carbocycles. The zero-order valence-corrected chi connectivity index (χ0v) is 19.0. The number of benzene rings is 1. The lowest BCUT2D eigenvalue weighted by molar-refractivity contribution is 0.0211. The van der Waals surface area contributed by atoms with Crippen LogP contribution in [0.15, 0.2) is 29.3 Å². The minimum atomic E-state index is 0.467. The number of hydrogen-bond donors (Lipinski definition) is 2. The second kappa shape index (κ2) is 12.9. The Morgan fingerprint density at radius 3 is 2.50 bits per heavy atom. The predicted molar refractivity (Wildman–Crippen MR) is 125 cm³/mol. The van der Waals surface area contributed by atoms with Gasteiger partial charge >= 0.3 is 0 Å². The first kappa shape index (κ1) is 23.0. The van der Waals surface area contributed by atoms with Crippen molar-refractivity contribution in [3.63, 3.8) is 0 Å². The molecule has 2 N–H and O–H groups in total. The summed E-state index contributed by atoms with van der Waals surface area (Å²) in [6.07, 6.45) is 5.44. The molecule has 1 atom stereocenters. The van der Waals surface area contributed by atoms with Crippen molar-refractivity contribution in [2.75, 3.05) is 52.5 Å². The van der Waals surface area contributed by atoms with E-state index in [1.165, 1.54) is 49.9 Å². The Bertz CT molecular complexity index is 636. The maximum absolute atomic E-state index is 5.46. The molecule has 0 saturated carbocycles. The molecule has 0 radical (unpaired) electrons. The van der Waals surface area contributed by atoms with Crippen LogP contribution in [-0.2, 0) is 17.8 Å². The topological polar surface area (TPSA) is 52.1 Å². The fourth-order valence-electron chi connectivity index (χ4n) is 4.28. The number of ether oxygens (including phenoxy) is 1. The molecule has 0 spiro atoms. The van der Waals surface area contributed by atoms with Crippen molar-refractivity contribution in [3.05, 3.63) is 35.4 Å². The Morgan fingerprint density at radius 1 is 1.03 bits per heavy atom. The molecule has 2 heterocycles. The molecule has 0 amide bonds. The minimum absolute atomic E-state index is 0.467. The van der Waals surface area contributed by atoms with Gasteiger partial charge < -0.3 is 15.4 Å². The third-order valence-corrected chi connectivity index (χ3v) is 6.09. The van der Waals surface area contributed by atoms with Gasteiger partial charge in [-0.3, -0.25) is 9.80 Å². The van der Waals surface area contributed by atoms with Gasteiger partial charge in [0.25, 0.3) is 0 Å². The van der Waals surface area contributed by atoms with E-state index < -0.39 is 0 Å². The second-order valence-electron chi connectivity index (χ2n) is 8.58. The van der Waals surface area contributed by atoms with Gasteiger partial charge in [-0.1, -0.05) is 37.1 Å². The fraction of sp³-hybridized carbons (Fsp3) is 0.708. The van der Waals surface area contributed by atoms with Crippen LogP contribution in [0.4, 0.5) is 0 Å². The lowest BCUT2D eigenvalue weighted by atomic mass is 10.1. The minimum Gasteiger partial charge on any atom is -0.379 e. The Balaban J connectivity index is 1.51. The number of hydrogen-bond acceptors (Lipinski definition) is 4. The van der Waals surface area contributed by atoms with Crippen molar-refractivity contribution in [2.24, 2.45) is 4.99 Å². The summed E-state index contributed by atoms with van der Waals surface area (Å²) >= 11 is 0. The van der Waals surface area contributed by atoms with Crippen molar-refractivity contribution in [3.8, 4) is 0 Å². The first-order valence-corrected chi connectivity index (χ1v) is 11.9. The van der Waals surface area contributed by atoms with Crippen molar-refractivity contribution < 1.29 is 4.74 Å². The highest BCUT2D eigenvalue weighted by Crippen LogP contribution is 2.14. The summed E-state index contributed by atoms with van der Waals surface area (Å²) in [5.74, 6) is 0.899. The lowest BCUT2D eigenvalue weighted by Crippen LogP contribution is -2.49. The largest absolute Gasteiger partial charge is 0.379 e. The molecule has 0 bridgehead atoms. The highest BCUT2D eigenvalue weighted by atomic mass is 16.5. The van der Waals surface area contributed by atoms with Crippen LogP contribution in [0.5, 0.6) is 0 Å². The molecule has 6 heteroatoms. The molecule has 3 rings (SSSR count). The zero-order valence-electron chi connectivity index (χ0n) is 19.0. The summed E-state index contributed by atoms with van der Waals surface area (Å²) in [6, 6.07) is 9.42. The Morgan fingerprint density at radius 2 is 1.77 bits per heavy atom. The maximum Gasteiger partial charge on any atom is 0.191 e. The summed E-state index contributed by atoms with van der Waals surface area (Å²) in [5, 5.41) is 6.91. The van der Waals surface area contributed by atoms with Crippen LogP contribution >= 0.6 is 0 Å². The van der Waals surface area contributed by atoms with E-state index >= 15 is 0 Å². The van der Waals surface area contributed by atoms with Gasteiger partial charge in [-0.2, -0.15) is 0 Å². The molecule has 6 nitrogen and oxygen atoms in total. The van der Waals surface area contributed by atoms with Crippen molar-refractivity contribution >= 4 is 5.96 Å². The fourth-order valence-corrected chi connectivity index (χ4v) is 4.28. The van der Waals surface area contributed by atoms with Gasteiger partial charge in [-0.25, -0.2) is 4.99 Å². The monoisotopic (exact) mass is 415 g/mol. The lowest BCUT2D eigenvalue weighted by Gasteiger charge is -2.32. The number of likely N-dealkylation sites (tertiary alicyclic amines) is 1. The van der Waals surface area contributed by atoms with Gasteiger partial charge in [0, 0.05) is 38.8 Å². The average molecular weight is 416 g/mol. The number of morpholine rings is 1. The van der Waals surface area contributed by atoms with Crippen LogP contribution in [0, 0.1) is 0 Å². The third-order valence-electron chi connectivity index (χ3n) is 6.09. The number of rotatable bonds is 8. The number of aliphatic imine (C=N–C) groups is 1. The van der Waals surface area contributed by atoms with E-state index in [-0.39, 0.29) is 0 Å². The van der Waals surface area contributed by atoms with E-state index in [1.54, 1.807) is 0 Å². The molecule has 30 heavy (non-hydrogen) atoms. The van der Waals surface area contributed by atoms with Gasteiger partial charge in [-0.05, 0) is 50.9 Å². The smallest absolute Gasteiger partial charge is 0.191 e. The molecule has 1 unspecified atom stereocenters. The molecule has 168 valence electrons. The number of nitrogens with zero attached hydrogens (tertiary/aromatic N) is 3. The summed E-state index contributed by atoms with van der Waals surface area (Å²) in [4.78, 5) is 9.93. The van der Waals surface area contributed by atoms with E-state index in [0.717, 1.165) is 51.9 Å². The summed E-state index contributed by atoms with van der Waals surface area (Å²) < 4.78 is 5.46. The SMILES string of the molecule is CCNC(=NCc1cccc(CN2CCCCCC2)c1)NCC(C)N1CCOCC1. The van der Waals surface area contributed by atoms with Gasteiger partial charge in [0.2, 0.25) is 0 Å². The molecular formula is C24H41N5O. The molecule has 1 aromatic carbocycles. The van der Waals surface area contributed by atoms with E-state index in [2.05, 4.69) is 58.5 Å². The van der Waals surface area contributed by atoms with Crippen LogP contribution in [0.25, 0.3) is 0 Å². The molecule has 1 aromatic rings.